The van der Waals surface area contributed by atoms with Crippen molar-refractivity contribution in [3.8, 4) is 0 Å². The van der Waals surface area contributed by atoms with Gasteiger partial charge in [-0.25, -0.2) is 0 Å². The fraction of sp³-hybridized carbons (Fsp3) is 0.417. The lowest BCUT2D eigenvalue weighted by atomic mass is 10.0. The van der Waals surface area contributed by atoms with Crippen molar-refractivity contribution in [1.29, 1.82) is 0 Å². The van der Waals surface area contributed by atoms with Crippen LogP contribution in [-0.4, -0.2) is 18.5 Å². The number of benzene rings is 1. The Bertz CT molecular complexity index is 523. The van der Waals surface area contributed by atoms with E-state index < -0.39 is 30.1 Å². The molecule has 0 atom stereocenters. The second-order valence-electron chi connectivity index (χ2n) is 3.97. The Balaban J connectivity index is 3.16. The quantitative estimate of drug-likeness (QED) is 0.429. The molecule has 1 aromatic rings. The lowest BCUT2D eigenvalue weighted by Crippen LogP contribution is -2.17. The molecule has 2 nitrogen and oxygen atoms in total. The van der Waals surface area contributed by atoms with Gasteiger partial charge in [-0.1, -0.05) is 23.7 Å². The largest absolute Gasteiger partial charge is 0.425 e. The average molecular weight is 334 g/mol. The Morgan fingerprint density at radius 2 is 1.81 bits per heavy atom. The van der Waals surface area contributed by atoms with E-state index in [1.54, 1.807) is 0 Å². The molecular weight excluding hydrogens is 324 g/mol. The van der Waals surface area contributed by atoms with Crippen molar-refractivity contribution in [3.63, 3.8) is 0 Å². The van der Waals surface area contributed by atoms with E-state index >= 15 is 0 Å². The highest BCUT2D eigenvalue weighted by molar-refractivity contribution is 6.31. The number of halogens is 7. The van der Waals surface area contributed by atoms with E-state index in [1.807, 2.05) is 0 Å². The Morgan fingerprint density at radius 3 is 2.29 bits per heavy atom. The molecule has 0 bridgehead atoms. The first kappa shape index (κ1) is 17.6. The van der Waals surface area contributed by atoms with Gasteiger partial charge in [-0.15, -0.1) is 0 Å². The molecule has 0 aromatic heterocycles. The maximum atomic E-state index is 12.9. The summed E-state index contributed by atoms with van der Waals surface area (Å²) in [5, 5.41) is 3.16. The van der Waals surface area contributed by atoms with E-state index in [1.165, 1.54) is 6.92 Å². The standard InChI is InChI=1S/C12H10ClF6NO/c1-2-10(20-21-6-11(14,15)16)8-5-7(13)3-4-9(8)12(17,18)19/h3-5H,2,6H2,1H3. The van der Waals surface area contributed by atoms with Gasteiger partial charge in [0, 0.05) is 10.6 Å². The molecule has 21 heavy (non-hydrogen) atoms. The topological polar surface area (TPSA) is 21.6 Å². The number of alkyl halides is 6. The zero-order chi connectivity index (χ0) is 16.3. The van der Waals surface area contributed by atoms with Gasteiger partial charge in [-0.05, 0) is 24.6 Å². The summed E-state index contributed by atoms with van der Waals surface area (Å²) in [6.45, 7) is -0.241. The molecule has 0 aliphatic rings. The van der Waals surface area contributed by atoms with Crippen LogP contribution in [0.3, 0.4) is 0 Å². The molecule has 1 aromatic carbocycles. The molecule has 0 aliphatic carbocycles. The number of nitrogens with zero attached hydrogens (tertiary/aromatic N) is 1. The van der Waals surface area contributed by atoms with Crippen molar-refractivity contribution in [2.75, 3.05) is 6.61 Å². The van der Waals surface area contributed by atoms with E-state index in [9.17, 15) is 26.3 Å². The monoisotopic (exact) mass is 333 g/mol. The van der Waals surface area contributed by atoms with Crippen molar-refractivity contribution in [2.45, 2.75) is 25.7 Å². The van der Waals surface area contributed by atoms with Gasteiger partial charge >= 0.3 is 12.4 Å². The van der Waals surface area contributed by atoms with Gasteiger partial charge in [-0.2, -0.15) is 26.3 Å². The summed E-state index contributed by atoms with van der Waals surface area (Å²) in [5.74, 6) is 0. The van der Waals surface area contributed by atoms with Crippen LogP contribution in [0.1, 0.15) is 24.5 Å². The van der Waals surface area contributed by atoms with Crippen LogP contribution in [0.2, 0.25) is 5.02 Å². The molecule has 0 aliphatic heterocycles. The highest BCUT2D eigenvalue weighted by Gasteiger charge is 2.34. The van der Waals surface area contributed by atoms with Gasteiger partial charge in [0.05, 0.1) is 11.3 Å². The van der Waals surface area contributed by atoms with Crippen molar-refractivity contribution >= 4 is 17.3 Å². The van der Waals surface area contributed by atoms with Crippen molar-refractivity contribution < 1.29 is 31.2 Å². The van der Waals surface area contributed by atoms with Crippen LogP contribution in [0, 0.1) is 0 Å². The van der Waals surface area contributed by atoms with Crippen LogP contribution in [0.25, 0.3) is 0 Å². The zero-order valence-corrected chi connectivity index (χ0v) is 11.4. The second kappa shape index (κ2) is 6.55. The summed E-state index contributed by atoms with van der Waals surface area (Å²) in [7, 11) is 0. The molecular formula is C12H10ClF6NO. The van der Waals surface area contributed by atoms with Gasteiger partial charge in [0.2, 0.25) is 6.61 Å². The summed E-state index contributed by atoms with van der Waals surface area (Å²) in [6.07, 6.45) is -9.36. The van der Waals surface area contributed by atoms with Crippen LogP contribution in [0.15, 0.2) is 23.4 Å². The molecule has 0 saturated heterocycles. The van der Waals surface area contributed by atoms with E-state index in [0.717, 1.165) is 18.2 Å². The fourth-order valence-electron chi connectivity index (χ4n) is 1.49. The van der Waals surface area contributed by atoms with Crippen LogP contribution < -0.4 is 0 Å². The molecule has 0 amide bonds. The van der Waals surface area contributed by atoms with Crippen LogP contribution in [0.5, 0.6) is 0 Å². The van der Waals surface area contributed by atoms with E-state index in [0.29, 0.717) is 0 Å². The summed E-state index contributed by atoms with van der Waals surface area (Å²) in [5.41, 5.74) is -1.71. The Hall–Kier alpha value is -1.44. The van der Waals surface area contributed by atoms with Gasteiger partial charge in [-0.3, -0.25) is 0 Å². The summed E-state index contributed by atoms with van der Waals surface area (Å²) >= 11 is 5.63. The number of rotatable bonds is 4. The third-order valence-electron chi connectivity index (χ3n) is 2.34. The van der Waals surface area contributed by atoms with Gasteiger partial charge in [0.15, 0.2) is 0 Å². The molecule has 9 heteroatoms. The molecule has 0 fully saturated rings. The first-order valence-electron chi connectivity index (χ1n) is 5.67. The van der Waals surface area contributed by atoms with E-state index in [4.69, 9.17) is 11.6 Å². The maximum Gasteiger partial charge on any atom is 0.425 e. The number of hydrogen-bond donors (Lipinski definition) is 0. The molecule has 0 spiro atoms. The number of hydrogen-bond acceptors (Lipinski definition) is 2. The SMILES string of the molecule is CCC(=NOCC(F)(F)F)c1cc(Cl)ccc1C(F)(F)F. The van der Waals surface area contributed by atoms with Crippen LogP contribution in [0.4, 0.5) is 26.3 Å². The number of oxime groups is 1. The Labute approximate surface area is 121 Å². The zero-order valence-electron chi connectivity index (χ0n) is 10.6. The van der Waals surface area contributed by atoms with E-state index in [-0.39, 0.29) is 17.2 Å². The molecule has 0 heterocycles. The van der Waals surface area contributed by atoms with Crippen molar-refractivity contribution in [3.05, 3.63) is 34.3 Å². The maximum absolute atomic E-state index is 12.9. The fourth-order valence-corrected chi connectivity index (χ4v) is 1.66. The predicted octanol–water partition coefficient (Wildman–Crippen LogP) is 5.05. The normalized spacial score (nSPS) is 13.4. The van der Waals surface area contributed by atoms with Crippen molar-refractivity contribution in [2.24, 2.45) is 5.16 Å². The minimum Gasteiger partial charge on any atom is -0.386 e. The summed E-state index contributed by atoms with van der Waals surface area (Å²) < 4.78 is 74.5. The molecule has 0 unspecified atom stereocenters. The Morgan fingerprint density at radius 1 is 1.19 bits per heavy atom. The lowest BCUT2D eigenvalue weighted by Gasteiger charge is -2.14. The van der Waals surface area contributed by atoms with Gasteiger partial charge < -0.3 is 4.84 Å². The highest BCUT2D eigenvalue weighted by Crippen LogP contribution is 2.34. The molecule has 0 saturated carbocycles. The Kier molecular flexibility index (Phi) is 5.49. The minimum absolute atomic E-state index is 0.00923. The van der Waals surface area contributed by atoms with Crippen LogP contribution >= 0.6 is 11.6 Å². The molecule has 1 rings (SSSR count). The summed E-state index contributed by atoms with van der Waals surface area (Å²) in [4.78, 5) is 4.07. The van der Waals surface area contributed by atoms with Gasteiger partial charge in [0.25, 0.3) is 0 Å². The minimum atomic E-state index is -4.68. The van der Waals surface area contributed by atoms with Crippen LogP contribution in [-0.2, 0) is 11.0 Å². The van der Waals surface area contributed by atoms with Crippen molar-refractivity contribution in [1.82, 2.24) is 0 Å². The smallest absolute Gasteiger partial charge is 0.386 e. The average Bonchev–Trinajstić information content (AvgIpc) is 2.31. The first-order chi connectivity index (χ1) is 9.54. The van der Waals surface area contributed by atoms with Gasteiger partial charge in [0.1, 0.15) is 0 Å². The predicted molar refractivity (Wildman–Crippen MR) is 65.3 cm³/mol. The molecule has 118 valence electrons. The van der Waals surface area contributed by atoms with E-state index in [2.05, 4.69) is 9.99 Å². The highest BCUT2D eigenvalue weighted by atomic mass is 35.5. The molecule has 0 N–H and O–H groups in total. The summed E-state index contributed by atoms with van der Waals surface area (Å²) in [6, 6.07) is 2.77. The molecule has 0 radical (unpaired) electrons. The third-order valence-corrected chi connectivity index (χ3v) is 2.57. The first-order valence-corrected chi connectivity index (χ1v) is 6.05. The second-order valence-corrected chi connectivity index (χ2v) is 4.40. The third kappa shape index (κ3) is 5.45. The lowest BCUT2D eigenvalue weighted by molar-refractivity contribution is -0.173.